The molecule has 0 saturated carbocycles. The van der Waals surface area contributed by atoms with E-state index < -0.39 is 0 Å². The first kappa shape index (κ1) is 15.0. The lowest BCUT2D eigenvalue weighted by atomic mass is 10.2. The van der Waals surface area contributed by atoms with E-state index in [0.717, 1.165) is 12.1 Å². The number of likely N-dealkylation sites (N-methyl/N-ethyl adjacent to an activating group) is 1. The number of rotatable bonds is 5. The largest absolute Gasteiger partial charge is 0.324 e. The number of pyridine rings is 1. The minimum Gasteiger partial charge on any atom is -0.324 e. The Hall–Kier alpha value is -2.37. The molecule has 2 rings (SSSR count). The highest BCUT2D eigenvalue weighted by Gasteiger charge is 2.13. The molecule has 0 aromatic carbocycles. The van der Waals surface area contributed by atoms with Gasteiger partial charge in [0.15, 0.2) is 5.82 Å². The number of hydrogen-bond acceptors (Lipinski definition) is 3. The lowest BCUT2D eigenvalue weighted by molar-refractivity contribution is 0.215. The Morgan fingerprint density at radius 2 is 2.10 bits per heavy atom. The summed E-state index contributed by atoms with van der Waals surface area (Å²) in [5, 5.41) is 7.07. The summed E-state index contributed by atoms with van der Waals surface area (Å²) in [6.45, 7) is 5.24. The van der Waals surface area contributed by atoms with E-state index in [1.165, 1.54) is 5.56 Å². The van der Waals surface area contributed by atoms with Crippen LogP contribution in [-0.4, -0.2) is 38.8 Å². The Morgan fingerprint density at radius 1 is 1.38 bits per heavy atom. The van der Waals surface area contributed by atoms with Gasteiger partial charge in [-0.05, 0) is 38.0 Å². The van der Waals surface area contributed by atoms with Crippen LogP contribution in [0.4, 0.5) is 10.6 Å². The van der Waals surface area contributed by atoms with E-state index in [1.807, 2.05) is 39.1 Å². The Kier molecular flexibility index (Phi) is 4.92. The van der Waals surface area contributed by atoms with Crippen LogP contribution in [0.3, 0.4) is 0 Å². The molecule has 2 aromatic rings. The van der Waals surface area contributed by atoms with Crippen molar-refractivity contribution in [3.63, 3.8) is 0 Å². The van der Waals surface area contributed by atoms with E-state index in [9.17, 15) is 4.79 Å². The standard InChI is InChI=1S/C15H21N5O/c1-4-20(10-7-13-5-8-16-9-6-13)15(21)17-14-11-12(2)19(3)18-14/h5-6,8-9,11H,4,7,10H2,1-3H3,(H,17,18,21). The number of anilines is 1. The van der Waals surface area contributed by atoms with Gasteiger partial charge in [-0.1, -0.05) is 0 Å². The van der Waals surface area contributed by atoms with Gasteiger partial charge in [0.05, 0.1) is 0 Å². The first-order chi connectivity index (χ1) is 10.1. The number of carbonyl (C=O) groups excluding carboxylic acids is 1. The minimum atomic E-state index is -0.121. The molecule has 2 heterocycles. The zero-order valence-electron chi connectivity index (χ0n) is 12.7. The van der Waals surface area contributed by atoms with Crippen LogP contribution in [0.25, 0.3) is 0 Å². The van der Waals surface area contributed by atoms with Crippen molar-refractivity contribution in [2.75, 3.05) is 18.4 Å². The molecule has 0 bridgehead atoms. The highest BCUT2D eigenvalue weighted by Crippen LogP contribution is 2.08. The lowest BCUT2D eigenvalue weighted by Gasteiger charge is -2.20. The number of nitrogens with one attached hydrogen (secondary N) is 1. The van der Waals surface area contributed by atoms with Crippen LogP contribution in [-0.2, 0) is 13.5 Å². The molecule has 0 spiro atoms. The number of urea groups is 1. The second-order valence-electron chi connectivity index (χ2n) is 4.91. The van der Waals surface area contributed by atoms with Crippen molar-refractivity contribution in [1.82, 2.24) is 19.7 Å². The topological polar surface area (TPSA) is 63.1 Å². The Labute approximate surface area is 124 Å². The SMILES string of the molecule is CCN(CCc1ccncc1)C(=O)Nc1cc(C)n(C)n1. The van der Waals surface area contributed by atoms with Gasteiger partial charge < -0.3 is 4.90 Å². The van der Waals surface area contributed by atoms with Crippen molar-refractivity contribution in [3.05, 3.63) is 41.9 Å². The summed E-state index contributed by atoms with van der Waals surface area (Å²) in [4.78, 5) is 18.0. The van der Waals surface area contributed by atoms with Crippen LogP contribution >= 0.6 is 0 Å². The van der Waals surface area contributed by atoms with Gasteiger partial charge in [0.1, 0.15) is 0 Å². The van der Waals surface area contributed by atoms with Crippen molar-refractivity contribution < 1.29 is 4.79 Å². The fourth-order valence-electron chi connectivity index (χ4n) is 2.03. The van der Waals surface area contributed by atoms with Crippen LogP contribution in [0.15, 0.2) is 30.6 Å². The molecule has 0 fully saturated rings. The molecular weight excluding hydrogens is 266 g/mol. The van der Waals surface area contributed by atoms with Crippen LogP contribution in [0, 0.1) is 6.92 Å². The summed E-state index contributed by atoms with van der Waals surface area (Å²) >= 11 is 0. The molecule has 0 saturated heterocycles. The van der Waals surface area contributed by atoms with E-state index >= 15 is 0 Å². The van der Waals surface area contributed by atoms with Crippen LogP contribution in [0.2, 0.25) is 0 Å². The number of hydrogen-bond donors (Lipinski definition) is 1. The second-order valence-corrected chi connectivity index (χ2v) is 4.91. The van der Waals surface area contributed by atoms with Crippen molar-refractivity contribution in [3.8, 4) is 0 Å². The molecule has 0 aliphatic carbocycles. The highest BCUT2D eigenvalue weighted by molar-refractivity contribution is 5.88. The first-order valence-corrected chi connectivity index (χ1v) is 7.05. The number of amides is 2. The van der Waals surface area contributed by atoms with Crippen LogP contribution in [0.1, 0.15) is 18.2 Å². The molecule has 1 N–H and O–H groups in total. The van der Waals surface area contributed by atoms with Gasteiger partial charge in [-0.2, -0.15) is 5.10 Å². The summed E-state index contributed by atoms with van der Waals surface area (Å²) < 4.78 is 1.74. The monoisotopic (exact) mass is 287 g/mol. The molecule has 6 heteroatoms. The molecule has 6 nitrogen and oxygen atoms in total. The maximum Gasteiger partial charge on any atom is 0.323 e. The summed E-state index contributed by atoms with van der Waals surface area (Å²) in [6, 6.07) is 5.67. The van der Waals surface area contributed by atoms with Gasteiger partial charge in [-0.15, -0.1) is 0 Å². The van der Waals surface area contributed by atoms with Gasteiger partial charge in [-0.25, -0.2) is 4.79 Å². The van der Waals surface area contributed by atoms with E-state index in [2.05, 4.69) is 15.4 Å². The van der Waals surface area contributed by atoms with Crippen molar-refractivity contribution in [2.24, 2.45) is 7.05 Å². The van der Waals surface area contributed by atoms with Crippen LogP contribution < -0.4 is 5.32 Å². The fourth-order valence-corrected chi connectivity index (χ4v) is 2.03. The molecular formula is C15H21N5O. The second kappa shape index (κ2) is 6.88. The fraction of sp³-hybridized carbons (Fsp3) is 0.400. The molecule has 112 valence electrons. The molecule has 0 aliphatic rings. The Morgan fingerprint density at radius 3 is 2.67 bits per heavy atom. The average molecular weight is 287 g/mol. The summed E-state index contributed by atoms with van der Waals surface area (Å²) in [7, 11) is 1.85. The number of aromatic nitrogens is 3. The number of carbonyl (C=O) groups is 1. The molecule has 2 aromatic heterocycles. The molecule has 0 aliphatic heterocycles. The van der Waals surface area contributed by atoms with Gasteiger partial charge in [0.25, 0.3) is 0 Å². The van der Waals surface area contributed by atoms with Crippen molar-refractivity contribution in [2.45, 2.75) is 20.3 Å². The average Bonchev–Trinajstić information content (AvgIpc) is 2.79. The molecule has 2 amide bonds. The lowest BCUT2D eigenvalue weighted by Crippen LogP contribution is -2.36. The normalized spacial score (nSPS) is 10.4. The predicted molar refractivity (Wildman–Crippen MR) is 82.2 cm³/mol. The van der Waals surface area contributed by atoms with E-state index in [0.29, 0.717) is 18.9 Å². The molecule has 0 atom stereocenters. The highest BCUT2D eigenvalue weighted by atomic mass is 16.2. The quantitative estimate of drug-likeness (QED) is 0.917. The zero-order valence-corrected chi connectivity index (χ0v) is 12.7. The van der Waals surface area contributed by atoms with E-state index in [4.69, 9.17) is 0 Å². The van der Waals surface area contributed by atoms with Gasteiger partial charge in [0.2, 0.25) is 0 Å². The molecule has 0 radical (unpaired) electrons. The molecule has 21 heavy (non-hydrogen) atoms. The number of aryl methyl sites for hydroxylation is 2. The molecule has 0 unspecified atom stereocenters. The third-order valence-electron chi connectivity index (χ3n) is 3.44. The van der Waals surface area contributed by atoms with Gasteiger partial charge in [0, 0.05) is 44.3 Å². The Balaban J connectivity index is 1.92. The first-order valence-electron chi connectivity index (χ1n) is 7.05. The predicted octanol–water partition coefficient (Wildman–Crippen LogP) is 2.22. The maximum atomic E-state index is 12.2. The third-order valence-corrected chi connectivity index (χ3v) is 3.44. The Bertz CT molecular complexity index is 574. The summed E-state index contributed by atoms with van der Waals surface area (Å²) in [5.74, 6) is 0.586. The summed E-state index contributed by atoms with van der Waals surface area (Å²) in [6.07, 6.45) is 4.34. The van der Waals surface area contributed by atoms with E-state index in [1.54, 1.807) is 22.0 Å². The van der Waals surface area contributed by atoms with Crippen LogP contribution in [0.5, 0.6) is 0 Å². The third kappa shape index (κ3) is 4.05. The van der Waals surface area contributed by atoms with Crippen molar-refractivity contribution >= 4 is 11.8 Å². The van der Waals surface area contributed by atoms with Gasteiger partial charge in [-0.3, -0.25) is 15.0 Å². The summed E-state index contributed by atoms with van der Waals surface area (Å²) in [5.41, 5.74) is 2.18. The zero-order chi connectivity index (χ0) is 15.2. The maximum absolute atomic E-state index is 12.2. The number of nitrogens with zero attached hydrogens (tertiary/aromatic N) is 4. The smallest absolute Gasteiger partial charge is 0.323 e. The van der Waals surface area contributed by atoms with E-state index in [-0.39, 0.29) is 6.03 Å². The van der Waals surface area contributed by atoms with Gasteiger partial charge >= 0.3 is 6.03 Å². The minimum absolute atomic E-state index is 0.121. The van der Waals surface area contributed by atoms with Crippen molar-refractivity contribution in [1.29, 1.82) is 0 Å².